The molecule has 32 heavy (non-hydrogen) atoms. The van der Waals surface area contributed by atoms with Crippen LogP contribution in [0.3, 0.4) is 0 Å². The average Bonchev–Trinajstić information content (AvgIpc) is 3.44. The fourth-order valence-electron chi connectivity index (χ4n) is 3.59. The van der Waals surface area contributed by atoms with Gasteiger partial charge in [0.05, 0.1) is 34.5 Å². The highest BCUT2D eigenvalue weighted by molar-refractivity contribution is 7.09. The minimum absolute atomic E-state index is 0.0616. The van der Waals surface area contributed by atoms with Gasteiger partial charge in [0.15, 0.2) is 0 Å². The van der Waals surface area contributed by atoms with E-state index in [0.717, 1.165) is 30.0 Å². The molecule has 1 aliphatic heterocycles. The van der Waals surface area contributed by atoms with Crippen molar-refractivity contribution in [2.45, 2.75) is 31.8 Å². The van der Waals surface area contributed by atoms with Crippen molar-refractivity contribution in [3.05, 3.63) is 80.8 Å². The molecule has 0 radical (unpaired) electrons. The monoisotopic (exact) mass is 469 g/mol. The quantitative estimate of drug-likeness (QED) is 0.509. The second-order valence-electron chi connectivity index (χ2n) is 7.65. The fraction of sp³-hybridized carbons (Fsp3) is 0.292. The number of para-hydroxylation sites is 1. The normalized spacial score (nSPS) is 15.5. The lowest BCUT2D eigenvalue weighted by Crippen LogP contribution is -2.32. The first kappa shape index (κ1) is 22.5. The van der Waals surface area contributed by atoms with Gasteiger partial charge in [0.1, 0.15) is 0 Å². The summed E-state index contributed by atoms with van der Waals surface area (Å²) >= 11 is 7.56. The van der Waals surface area contributed by atoms with Gasteiger partial charge in [0.2, 0.25) is 5.91 Å². The zero-order chi connectivity index (χ0) is 22.3. The molecule has 2 heterocycles. The van der Waals surface area contributed by atoms with Crippen LogP contribution >= 0.6 is 22.9 Å². The third-order valence-electron chi connectivity index (χ3n) is 5.15. The molecular formula is C24H24ClN3O3S. The number of nitrogens with zero attached hydrogens (tertiary/aromatic N) is 1. The lowest BCUT2D eigenvalue weighted by Gasteiger charge is -2.13. The number of benzene rings is 2. The van der Waals surface area contributed by atoms with Gasteiger partial charge in [0, 0.05) is 30.0 Å². The molecular weight excluding hydrogens is 446 g/mol. The second-order valence-corrected chi connectivity index (χ2v) is 9.03. The van der Waals surface area contributed by atoms with Crippen molar-refractivity contribution in [1.82, 2.24) is 10.3 Å². The molecule has 1 aliphatic rings. The van der Waals surface area contributed by atoms with Crippen LogP contribution in [0.5, 0.6) is 0 Å². The molecule has 1 unspecified atom stereocenters. The summed E-state index contributed by atoms with van der Waals surface area (Å²) in [6.07, 6.45) is 2.83. The van der Waals surface area contributed by atoms with E-state index in [1.54, 1.807) is 24.3 Å². The minimum atomic E-state index is -0.228. The van der Waals surface area contributed by atoms with E-state index in [4.69, 9.17) is 16.3 Å². The van der Waals surface area contributed by atoms with E-state index in [9.17, 15) is 9.59 Å². The molecule has 166 valence electrons. The SMILES string of the molecule is O=C(Cc1csc(Cc2cccc(Cl)c2)n1)Nc1ccccc1C(=O)NCC1CCCO1. The number of rotatable bonds is 8. The molecule has 1 fully saturated rings. The van der Waals surface area contributed by atoms with Gasteiger partial charge in [-0.05, 0) is 42.7 Å². The van der Waals surface area contributed by atoms with Crippen LogP contribution in [0.4, 0.5) is 5.69 Å². The highest BCUT2D eigenvalue weighted by Gasteiger charge is 2.19. The predicted octanol–water partition coefficient (Wildman–Crippen LogP) is 4.48. The predicted molar refractivity (Wildman–Crippen MR) is 126 cm³/mol. The van der Waals surface area contributed by atoms with Crippen LogP contribution in [0, 0.1) is 0 Å². The van der Waals surface area contributed by atoms with Gasteiger partial charge in [-0.2, -0.15) is 0 Å². The molecule has 2 N–H and O–H groups in total. The summed E-state index contributed by atoms with van der Waals surface area (Å²) in [6.45, 7) is 1.21. The van der Waals surface area contributed by atoms with Crippen molar-refractivity contribution in [1.29, 1.82) is 0 Å². The van der Waals surface area contributed by atoms with Gasteiger partial charge in [-0.1, -0.05) is 35.9 Å². The van der Waals surface area contributed by atoms with Crippen molar-refractivity contribution >= 4 is 40.4 Å². The molecule has 4 rings (SSSR count). The summed E-state index contributed by atoms with van der Waals surface area (Å²) in [5.41, 5.74) is 2.69. The van der Waals surface area contributed by atoms with E-state index >= 15 is 0 Å². The molecule has 8 heteroatoms. The Bertz CT molecular complexity index is 1100. The maximum absolute atomic E-state index is 12.6. The lowest BCUT2D eigenvalue weighted by atomic mass is 10.1. The highest BCUT2D eigenvalue weighted by atomic mass is 35.5. The number of aromatic nitrogens is 1. The van der Waals surface area contributed by atoms with Crippen molar-refractivity contribution in [3.8, 4) is 0 Å². The molecule has 6 nitrogen and oxygen atoms in total. The van der Waals surface area contributed by atoms with Crippen LogP contribution in [0.15, 0.2) is 53.9 Å². The van der Waals surface area contributed by atoms with Gasteiger partial charge in [-0.25, -0.2) is 4.98 Å². The van der Waals surface area contributed by atoms with E-state index < -0.39 is 0 Å². The fourth-order valence-corrected chi connectivity index (χ4v) is 4.63. The maximum atomic E-state index is 12.6. The molecule has 2 aromatic carbocycles. The highest BCUT2D eigenvalue weighted by Crippen LogP contribution is 2.20. The number of hydrogen-bond acceptors (Lipinski definition) is 5. The molecule has 2 amide bonds. The Balaban J connectivity index is 1.34. The van der Waals surface area contributed by atoms with E-state index in [1.807, 2.05) is 29.6 Å². The van der Waals surface area contributed by atoms with Crippen LogP contribution in [0.1, 0.15) is 39.5 Å². The summed E-state index contributed by atoms with van der Waals surface area (Å²) < 4.78 is 5.55. The van der Waals surface area contributed by atoms with Crippen LogP contribution in [0.2, 0.25) is 5.02 Å². The molecule has 0 aliphatic carbocycles. The lowest BCUT2D eigenvalue weighted by molar-refractivity contribution is -0.115. The average molecular weight is 470 g/mol. The van der Waals surface area contributed by atoms with Gasteiger partial charge in [-0.3, -0.25) is 9.59 Å². The first-order valence-electron chi connectivity index (χ1n) is 10.5. The van der Waals surface area contributed by atoms with Crippen LogP contribution in [0.25, 0.3) is 0 Å². The third-order valence-corrected chi connectivity index (χ3v) is 6.28. The number of halogens is 1. The Hall–Kier alpha value is -2.74. The van der Waals surface area contributed by atoms with E-state index in [-0.39, 0.29) is 24.3 Å². The first-order valence-corrected chi connectivity index (χ1v) is 11.8. The van der Waals surface area contributed by atoms with Crippen LogP contribution < -0.4 is 10.6 Å². The smallest absolute Gasteiger partial charge is 0.253 e. The summed E-state index contributed by atoms with van der Waals surface area (Å²) in [5, 5.41) is 9.25. The number of carbonyl (C=O) groups is 2. The molecule has 1 saturated heterocycles. The number of anilines is 1. The zero-order valence-corrected chi connectivity index (χ0v) is 19.0. The Morgan fingerprint density at radius 2 is 2.06 bits per heavy atom. The van der Waals surface area contributed by atoms with Gasteiger partial charge >= 0.3 is 0 Å². The molecule has 0 spiro atoms. The minimum Gasteiger partial charge on any atom is -0.376 e. The summed E-state index contributed by atoms with van der Waals surface area (Å²) in [6, 6.07) is 14.7. The Morgan fingerprint density at radius 1 is 1.19 bits per heavy atom. The van der Waals surface area contributed by atoms with E-state index in [0.29, 0.717) is 34.9 Å². The van der Waals surface area contributed by atoms with Crippen molar-refractivity contribution in [3.63, 3.8) is 0 Å². The molecule has 3 aromatic rings. The largest absolute Gasteiger partial charge is 0.376 e. The van der Waals surface area contributed by atoms with Crippen LogP contribution in [-0.2, 0) is 22.4 Å². The van der Waals surface area contributed by atoms with Gasteiger partial charge < -0.3 is 15.4 Å². The molecule has 0 saturated carbocycles. The topological polar surface area (TPSA) is 80.3 Å². The Morgan fingerprint density at radius 3 is 2.88 bits per heavy atom. The van der Waals surface area contributed by atoms with Crippen molar-refractivity contribution in [2.75, 3.05) is 18.5 Å². The Labute approximate surface area is 196 Å². The summed E-state index contributed by atoms with van der Waals surface area (Å²) in [7, 11) is 0. The Kier molecular flexibility index (Phi) is 7.52. The number of amides is 2. The van der Waals surface area contributed by atoms with Gasteiger partial charge in [0.25, 0.3) is 5.91 Å². The van der Waals surface area contributed by atoms with Crippen molar-refractivity contribution in [2.24, 2.45) is 0 Å². The first-order chi connectivity index (χ1) is 15.6. The molecule has 0 bridgehead atoms. The summed E-state index contributed by atoms with van der Waals surface area (Å²) in [5.74, 6) is -0.446. The number of thiazole rings is 1. The maximum Gasteiger partial charge on any atom is 0.253 e. The number of hydrogen-bond donors (Lipinski definition) is 2. The third kappa shape index (κ3) is 6.16. The van der Waals surface area contributed by atoms with E-state index in [1.165, 1.54) is 11.3 Å². The molecule has 1 aromatic heterocycles. The number of ether oxygens (including phenoxy) is 1. The number of carbonyl (C=O) groups excluding carboxylic acids is 2. The zero-order valence-electron chi connectivity index (χ0n) is 17.5. The number of nitrogens with one attached hydrogen (secondary N) is 2. The van der Waals surface area contributed by atoms with Gasteiger partial charge in [-0.15, -0.1) is 11.3 Å². The van der Waals surface area contributed by atoms with Crippen molar-refractivity contribution < 1.29 is 14.3 Å². The second kappa shape index (κ2) is 10.7. The van der Waals surface area contributed by atoms with E-state index in [2.05, 4.69) is 15.6 Å². The molecule has 1 atom stereocenters. The summed E-state index contributed by atoms with van der Waals surface area (Å²) in [4.78, 5) is 29.8. The standard InChI is InChI=1S/C24H24ClN3O3S/c25-17-6-3-5-16(11-17)12-23-27-18(15-32-23)13-22(29)28-21-9-2-1-8-20(21)24(30)26-14-19-7-4-10-31-19/h1-3,5-6,8-9,11,15,19H,4,7,10,12-14H2,(H,26,30)(H,28,29). The van der Waals surface area contributed by atoms with Crippen LogP contribution in [-0.4, -0.2) is 36.1 Å².